The van der Waals surface area contributed by atoms with Crippen molar-refractivity contribution in [3.8, 4) is 11.5 Å². The molecule has 0 fully saturated rings. The van der Waals surface area contributed by atoms with Gasteiger partial charge >= 0.3 is 0 Å². The van der Waals surface area contributed by atoms with Crippen LogP contribution in [0.25, 0.3) is 0 Å². The Balaban J connectivity index is 2.67. The third-order valence-corrected chi connectivity index (χ3v) is 4.64. The maximum absolute atomic E-state index is 12.4. The van der Waals surface area contributed by atoms with E-state index in [1.807, 2.05) is 6.92 Å². The molecular weight excluding hydrogens is 264 g/mol. The van der Waals surface area contributed by atoms with E-state index in [1.54, 1.807) is 19.1 Å². The van der Waals surface area contributed by atoms with Gasteiger partial charge in [-0.1, -0.05) is 17.7 Å². The van der Waals surface area contributed by atoms with Crippen LogP contribution < -0.4 is 0 Å². The molecule has 0 aliphatic carbocycles. The number of hydrogen-bond donors (Lipinski definition) is 2. The summed E-state index contributed by atoms with van der Waals surface area (Å²) in [6.07, 6.45) is 0. The molecule has 0 saturated carbocycles. The number of benzene rings is 2. The van der Waals surface area contributed by atoms with E-state index >= 15 is 0 Å². The van der Waals surface area contributed by atoms with E-state index in [9.17, 15) is 18.6 Å². The molecule has 2 aromatic rings. The molecule has 0 unspecified atom stereocenters. The highest BCUT2D eigenvalue weighted by Crippen LogP contribution is 2.36. The quantitative estimate of drug-likeness (QED) is 0.885. The third-order valence-electron chi connectivity index (χ3n) is 2.79. The van der Waals surface area contributed by atoms with Crippen LogP contribution in [0, 0.1) is 13.8 Å². The second-order valence-corrected chi connectivity index (χ2v) is 6.34. The monoisotopic (exact) mass is 278 g/mol. The number of aryl methyl sites for hydroxylation is 2. The molecular formula is C14H14O4S. The fraction of sp³-hybridized carbons (Fsp3) is 0.143. The first-order valence-electron chi connectivity index (χ1n) is 5.66. The van der Waals surface area contributed by atoms with Gasteiger partial charge in [0.15, 0.2) is 4.90 Å². The molecule has 0 atom stereocenters. The molecule has 19 heavy (non-hydrogen) atoms. The number of phenolic OH excluding ortho intramolecular Hbond substituents is 2. The molecule has 2 rings (SSSR count). The molecule has 0 radical (unpaired) electrons. The Labute approximate surface area is 111 Å². The zero-order valence-electron chi connectivity index (χ0n) is 10.6. The minimum atomic E-state index is -3.93. The standard InChI is InChI=1S/C14H14O4S/c1-9-3-5-11(6-4-9)19(17,18)14-12(15)7-10(2)8-13(14)16/h3-8,15-16H,1-2H3. The first-order chi connectivity index (χ1) is 8.82. The number of phenols is 2. The SMILES string of the molecule is Cc1ccc(S(=O)(=O)c2c(O)cc(C)cc2O)cc1. The summed E-state index contributed by atoms with van der Waals surface area (Å²) in [4.78, 5) is -0.422. The van der Waals surface area contributed by atoms with Gasteiger partial charge in [-0.2, -0.15) is 0 Å². The predicted octanol–water partition coefficient (Wildman–Crippen LogP) is 2.55. The van der Waals surface area contributed by atoms with Crippen LogP contribution in [-0.2, 0) is 9.84 Å². The second kappa shape index (κ2) is 4.59. The van der Waals surface area contributed by atoms with Crippen LogP contribution in [0.2, 0.25) is 0 Å². The summed E-state index contributed by atoms with van der Waals surface area (Å²) in [5.74, 6) is -0.892. The Morgan fingerprint density at radius 2 is 1.32 bits per heavy atom. The first-order valence-corrected chi connectivity index (χ1v) is 7.15. The summed E-state index contributed by atoms with van der Waals surface area (Å²) in [5.41, 5.74) is 1.51. The van der Waals surface area contributed by atoms with Crippen LogP contribution in [0.4, 0.5) is 0 Å². The second-order valence-electron chi connectivity index (χ2n) is 4.45. The van der Waals surface area contributed by atoms with Crippen molar-refractivity contribution in [1.82, 2.24) is 0 Å². The van der Waals surface area contributed by atoms with Crippen LogP contribution in [0.15, 0.2) is 46.2 Å². The number of hydrogen-bond acceptors (Lipinski definition) is 4. The Morgan fingerprint density at radius 3 is 1.79 bits per heavy atom. The lowest BCUT2D eigenvalue weighted by Gasteiger charge is -2.10. The molecule has 0 amide bonds. The summed E-state index contributed by atoms with van der Waals surface area (Å²) in [5, 5.41) is 19.6. The molecule has 0 spiro atoms. The third kappa shape index (κ3) is 2.42. The molecule has 0 aliphatic rings. The van der Waals surface area contributed by atoms with Crippen LogP contribution in [0.1, 0.15) is 11.1 Å². The van der Waals surface area contributed by atoms with Crippen LogP contribution in [0.5, 0.6) is 11.5 Å². The Hall–Kier alpha value is -2.01. The fourth-order valence-electron chi connectivity index (χ4n) is 1.85. The van der Waals surface area contributed by atoms with Gasteiger partial charge < -0.3 is 10.2 Å². The molecule has 0 aromatic heterocycles. The maximum atomic E-state index is 12.4. The molecule has 0 heterocycles. The topological polar surface area (TPSA) is 74.6 Å². The van der Waals surface area contributed by atoms with Crippen molar-refractivity contribution < 1.29 is 18.6 Å². The van der Waals surface area contributed by atoms with E-state index in [2.05, 4.69) is 0 Å². The van der Waals surface area contributed by atoms with Crippen LogP contribution in [-0.4, -0.2) is 18.6 Å². The lowest BCUT2D eigenvalue weighted by atomic mass is 10.2. The van der Waals surface area contributed by atoms with Crippen molar-refractivity contribution in [2.24, 2.45) is 0 Å². The van der Waals surface area contributed by atoms with Gasteiger partial charge in [0.25, 0.3) is 0 Å². The van der Waals surface area contributed by atoms with Crippen molar-refractivity contribution in [1.29, 1.82) is 0 Å². The summed E-state index contributed by atoms with van der Waals surface area (Å²) < 4.78 is 24.8. The van der Waals surface area contributed by atoms with Crippen molar-refractivity contribution in [2.75, 3.05) is 0 Å². The summed E-state index contributed by atoms with van der Waals surface area (Å²) >= 11 is 0. The smallest absolute Gasteiger partial charge is 0.213 e. The molecule has 0 aliphatic heterocycles. The molecule has 0 saturated heterocycles. The number of aromatic hydroxyl groups is 2. The van der Waals surface area contributed by atoms with Crippen molar-refractivity contribution in [3.05, 3.63) is 47.5 Å². The molecule has 100 valence electrons. The summed E-state index contributed by atoms with van der Waals surface area (Å²) in [6.45, 7) is 3.50. The number of rotatable bonds is 2. The van der Waals surface area contributed by atoms with Gasteiger partial charge in [0.1, 0.15) is 11.5 Å². The minimum Gasteiger partial charge on any atom is -0.506 e. The Morgan fingerprint density at radius 1 is 0.842 bits per heavy atom. The minimum absolute atomic E-state index is 0.0348. The van der Waals surface area contributed by atoms with Crippen molar-refractivity contribution >= 4 is 9.84 Å². The van der Waals surface area contributed by atoms with Gasteiger partial charge in [0, 0.05) is 0 Å². The first kappa shape index (κ1) is 13.4. The fourth-order valence-corrected chi connectivity index (χ4v) is 3.24. The zero-order chi connectivity index (χ0) is 14.2. The largest absolute Gasteiger partial charge is 0.506 e. The van der Waals surface area contributed by atoms with Crippen molar-refractivity contribution in [2.45, 2.75) is 23.6 Å². The summed E-state index contributed by atoms with van der Waals surface area (Å²) in [7, 11) is -3.93. The van der Waals surface area contributed by atoms with Crippen LogP contribution >= 0.6 is 0 Å². The van der Waals surface area contributed by atoms with E-state index in [0.717, 1.165) is 5.56 Å². The molecule has 0 bridgehead atoms. The van der Waals surface area contributed by atoms with Gasteiger partial charge in [0.2, 0.25) is 9.84 Å². The van der Waals surface area contributed by atoms with Gasteiger partial charge in [-0.3, -0.25) is 0 Å². The highest BCUT2D eigenvalue weighted by molar-refractivity contribution is 7.91. The Kier molecular flexibility index (Phi) is 3.24. The number of sulfone groups is 1. The van der Waals surface area contributed by atoms with E-state index in [0.29, 0.717) is 5.56 Å². The van der Waals surface area contributed by atoms with Gasteiger partial charge in [-0.25, -0.2) is 8.42 Å². The highest BCUT2D eigenvalue weighted by atomic mass is 32.2. The van der Waals surface area contributed by atoms with E-state index in [-0.39, 0.29) is 4.90 Å². The lowest BCUT2D eigenvalue weighted by molar-refractivity contribution is 0.422. The molecule has 2 aromatic carbocycles. The zero-order valence-corrected chi connectivity index (χ0v) is 11.4. The van der Waals surface area contributed by atoms with E-state index in [1.165, 1.54) is 24.3 Å². The average molecular weight is 278 g/mol. The van der Waals surface area contributed by atoms with Gasteiger partial charge in [-0.05, 0) is 43.7 Å². The van der Waals surface area contributed by atoms with Crippen molar-refractivity contribution in [3.63, 3.8) is 0 Å². The molecule has 5 heteroatoms. The Bertz CT molecular complexity index is 693. The van der Waals surface area contributed by atoms with Crippen LogP contribution in [0.3, 0.4) is 0 Å². The van der Waals surface area contributed by atoms with E-state index in [4.69, 9.17) is 0 Å². The average Bonchev–Trinajstić information content (AvgIpc) is 2.27. The predicted molar refractivity (Wildman–Crippen MR) is 71.1 cm³/mol. The highest BCUT2D eigenvalue weighted by Gasteiger charge is 2.25. The van der Waals surface area contributed by atoms with Gasteiger partial charge in [0.05, 0.1) is 4.90 Å². The molecule has 4 nitrogen and oxygen atoms in total. The normalized spacial score (nSPS) is 11.5. The summed E-state index contributed by atoms with van der Waals surface area (Å²) in [6, 6.07) is 8.83. The molecule has 2 N–H and O–H groups in total. The maximum Gasteiger partial charge on any atom is 0.213 e. The van der Waals surface area contributed by atoms with E-state index < -0.39 is 26.2 Å². The lowest BCUT2D eigenvalue weighted by Crippen LogP contribution is -2.03. The van der Waals surface area contributed by atoms with Gasteiger partial charge in [-0.15, -0.1) is 0 Å².